The molecule has 4 heteroatoms. The summed E-state index contributed by atoms with van der Waals surface area (Å²) < 4.78 is 0. The zero-order chi connectivity index (χ0) is 10.8. The zero-order valence-corrected chi connectivity index (χ0v) is 9.94. The normalized spacial score (nSPS) is 14.2. The second-order valence-corrected chi connectivity index (χ2v) is 5.42. The number of aromatic amines is 1. The molecule has 3 nitrogen and oxygen atoms in total. The Kier molecular flexibility index (Phi) is 2.76. The third-order valence-electron chi connectivity index (χ3n) is 2.97. The number of aromatic nitrogens is 2. The molecule has 1 aliphatic carbocycles. The van der Waals surface area contributed by atoms with Crippen LogP contribution in [0.5, 0.6) is 0 Å². The molecular weight excluding hydrogens is 218 g/mol. The second-order valence-electron chi connectivity index (χ2n) is 4.20. The molecule has 0 fully saturated rings. The van der Waals surface area contributed by atoms with E-state index in [2.05, 4.69) is 21.4 Å². The molecule has 0 amide bonds. The van der Waals surface area contributed by atoms with Crippen molar-refractivity contribution in [2.75, 3.05) is 0 Å². The molecule has 0 unspecified atom stereocenters. The number of thiophene rings is 1. The Balaban J connectivity index is 1.54. The highest BCUT2D eigenvalue weighted by Crippen LogP contribution is 2.30. The third-order valence-corrected chi connectivity index (χ3v) is 4.20. The number of nitrogens with zero attached hydrogens (tertiary/aromatic N) is 1. The SMILES string of the molecule is c1ncc(CNCc2cc3c(s2)CCC3)[nH]1. The van der Waals surface area contributed by atoms with Crippen molar-refractivity contribution in [2.24, 2.45) is 0 Å². The fraction of sp³-hybridized carbons (Fsp3) is 0.417. The molecule has 2 N–H and O–H groups in total. The quantitative estimate of drug-likeness (QED) is 0.850. The van der Waals surface area contributed by atoms with Crippen molar-refractivity contribution in [2.45, 2.75) is 32.4 Å². The smallest absolute Gasteiger partial charge is 0.0922 e. The number of hydrogen-bond acceptors (Lipinski definition) is 3. The first-order valence-corrected chi connectivity index (χ1v) is 6.52. The van der Waals surface area contributed by atoms with E-state index in [-0.39, 0.29) is 0 Å². The predicted octanol–water partition coefficient (Wildman–Crippen LogP) is 2.25. The maximum Gasteiger partial charge on any atom is 0.0922 e. The van der Waals surface area contributed by atoms with Gasteiger partial charge in [-0.05, 0) is 30.9 Å². The highest BCUT2D eigenvalue weighted by molar-refractivity contribution is 7.12. The first-order valence-electron chi connectivity index (χ1n) is 5.70. The van der Waals surface area contributed by atoms with Gasteiger partial charge in [0.25, 0.3) is 0 Å². The van der Waals surface area contributed by atoms with E-state index in [9.17, 15) is 0 Å². The maximum absolute atomic E-state index is 4.00. The van der Waals surface area contributed by atoms with Crippen LogP contribution in [0.15, 0.2) is 18.6 Å². The molecule has 0 saturated carbocycles. The van der Waals surface area contributed by atoms with Crippen molar-refractivity contribution in [1.82, 2.24) is 15.3 Å². The Morgan fingerprint density at radius 3 is 3.19 bits per heavy atom. The lowest BCUT2D eigenvalue weighted by Crippen LogP contribution is -2.11. The molecule has 2 aromatic rings. The van der Waals surface area contributed by atoms with Crippen molar-refractivity contribution in [3.05, 3.63) is 39.6 Å². The van der Waals surface area contributed by atoms with Gasteiger partial charge in [-0.2, -0.15) is 0 Å². The van der Waals surface area contributed by atoms with Gasteiger partial charge in [0.1, 0.15) is 0 Å². The molecule has 84 valence electrons. The minimum absolute atomic E-state index is 0.864. The van der Waals surface area contributed by atoms with Crippen molar-refractivity contribution in [3.63, 3.8) is 0 Å². The number of aryl methyl sites for hydroxylation is 2. The summed E-state index contributed by atoms with van der Waals surface area (Å²) in [6, 6.07) is 2.37. The van der Waals surface area contributed by atoms with E-state index >= 15 is 0 Å². The maximum atomic E-state index is 4.00. The highest BCUT2D eigenvalue weighted by Gasteiger charge is 2.14. The molecule has 3 rings (SSSR count). The first-order chi connectivity index (χ1) is 7.92. The molecule has 1 aliphatic rings. The molecule has 0 atom stereocenters. The van der Waals surface area contributed by atoms with E-state index in [4.69, 9.17) is 0 Å². The minimum atomic E-state index is 0.864. The van der Waals surface area contributed by atoms with Crippen molar-refractivity contribution in [3.8, 4) is 0 Å². The van der Waals surface area contributed by atoms with E-state index in [0.717, 1.165) is 18.8 Å². The number of imidazole rings is 1. The number of rotatable bonds is 4. The molecule has 2 aromatic heterocycles. The average molecular weight is 233 g/mol. The van der Waals surface area contributed by atoms with Crippen LogP contribution in [0.4, 0.5) is 0 Å². The van der Waals surface area contributed by atoms with Gasteiger partial charge in [0.05, 0.1) is 6.33 Å². The van der Waals surface area contributed by atoms with Crippen LogP contribution in [0.3, 0.4) is 0 Å². The average Bonchev–Trinajstić information content (AvgIpc) is 2.91. The molecule has 0 radical (unpaired) electrons. The summed E-state index contributed by atoms with van der Waals surface area (Å²) in [4.78, 5) is 10.2. The van der Waals surface area contributed by atoms with Crippen LogP contribution in [0, 0.1) is 0 Å². The molecular formula is C12H15N3S. The topological polar surface area (TPSA) is 40.7 Å². The molecule has 0 bridgehead atoms. The van der Waals surface area contributed by atoms with Crippen LogP contribution in [0.2, 0.25) is 0 Å². The summed E-state index contributed by atoms with van der Waals surface area (Å²) in [5, 5.41) is 3.43. The summed E-state index contributed by atoms with van der Waals surface area (Å²) >= 11 is 1.97. The van der Waals surface area contributed by atoms with Crippen molar-refractivity contribution < 1.29 is 0 Å². The van der Waals surface area contributed by atoms with E-state index in [0.29, 0.717) is 0 Å². The van der Waals surface area contributed by atoms with Gasteiger partial charge in [0.15, 0.2) is 0 Å². The molecule has 0 spiro atoms. The number of hydrogen-bond donors (Lipinski definition) is 2. The fourth-order valence-electron chi connectivity index (χ4n) is 2.18. The Bertz CT molecular complexity index is 437. The van der Waals surface area contributed by atoms with Gasteiger partial charge in [-0.15, -0.1) is 11.3 Å². The van der Waals surface area contributed by atoms with Gasteiger partial charge < -0.3 is 10.3 Å². The largest absolute Gasteiger partial charge is 0.347 e. The summed E-state index contributed by atoms with van der Waals surface area (Å²) in [6.45, 7) is 1.83. The zero-order valence-electron chi connectivity index (χ0n) is 9.12. The first kappa shape index (κ1) is 10.1. The molecule has 0 saturated heterocycles. The van der Waals surface area contributed by atoms with Gasteiger partial charge in [-0.3, -0.25) is 0 Å². The Morgan fingerprint density at radius 1 is 1.38 bits per heavy atom. The third kappa shape index (κ3) is 2.03. The lowest BCUT2D eigenvalue weighted by Gasteiger charge is -2.00. The molecule has 2 heterocycles. The van der Waals surface area contributed by atoms with Gasteiger partial charge in [-0.25, -0.2) is 4.98 Å². The van der Waals surface area contributed by atoms with E-state index in [1.165, 1.54) is 24.1 Å². The number of fused-ring (bicyclic) bond motifs is 1. The lowest BCUT2D eigenvalue weighted by molar-refractivity contribution is 0.689. The summed E-state index contributed by atoms with van der Waals surface area (Å²) in [5.74, 6) is 0. The van der Waals surface area contributed by atoms with Gasteiger partial charge in [0.2, 0.25) is 0 Å². The van der Waals surface area contributed by atoms with Crippen LogP contribution >= 0.6 is 11.3 Å². The van der Waals surface area contributed by atoms with Crippen LogP contribution in [-0.4, -0.2) is 9.97 Å². The number of H-pyrrole nitrogens is 1. The standard InChI is InChI=1S/C12H15N3S/c1-2-9-4-11(16-12(9)3-1)7-13-5-10-6-14-8-15-10/h4,6,8,13H,1-3,5,7H2,(H,14,15). The monoisotopic (exact) mass is 233 g/mol. The Labute approximate surface area is 98.9 Å². The number of nitrogens with one attached hydrogen (secondary N) is 2. The van der Waals surface area contributed by atoms with Crippen molar-refractivity contribution in [1.29, 1.82) is 0 Å². The predicted molar refractivity (Wildman–Crippen MR) is 65.5 cm³/mol. The molecule has 0 aliphatic heterocycles. The lowest BCUT2D eigenvalue weighted by atomic mass is 10.2. The molecule has 0 aromatic carbocycles. The summed E-state index contributed by atoms with van der Waals surface area (Å²) in [5.41, 5.74) is 2.73. The summed E-state index contributed by atoms with van der Waals surface area (Å²) in [7, 11) is 0. The van der Waals surface area contributed by atoms with E-state index in [1.54, 1.807) is 16.8 Å². The summed E-state index contributed by atoms with van der Waals surface area (Å²) in [6.07, 6.45) is 7.51. The minimum Gasteiger partial charge on any atom is -0.347 e. The van der Waals surface area contributed by atoms with Crippen LogP contribution in [0.25, 0.3) is 0 Å². The highest BCUT2D eigenvalue weighted by atomic mass is 32.1. The van der Waals surface area contributed by atoms with Crippen LogP contribution < -0.4 is 5.32 Å². The van der Waals surface area contributed by atoms with Gasteiger partial charge >= 0.3 is 0 Å². The Hall–Kier alpha value is -1.13. The van der Waals surface area contributed by atoms with Crippen LogP contribution in [-0.2, 0) is 25.9 Å². The second kappa shape index (κ2) is 4.39. The van der Waals surface area contributed by atoms with Gasteiger partial charge in [-0.1, -0.05) is 0 Å². The van der Waals surface area contributed by atoms with Crippen molar-refractivity contribution >= 4 is 11.3 Å². The van der Waals surface area contributed by atoms with Crippen LogP contribution in [0.1, 0.15) is 27.4 Å². The molecule has 16 heavy (non-hydrogen) atoms. The van der Waals surface area contributed by atoms with Gasteiger partial charge in [0, 0.05) is 34.7 Å². The Morgan fingerprint density at radius 2 is 2.38 bits per heavy atom. The fourth-order valence-corrected chi connectivity index (χ4v) is 3.41. The van der Waals surface area contributed by atoms with E-state index < -0.39 is 0 Å². The van der Waals surface area contributed by atoms with E-state index in [1.807, 2.05) is 17.5 Å².